The fourth-order valence-electron chi connectivity index (χ4n) is 2.52. The average Bonchev–Trinajstić information content (AvgIpc) is 2.56. The van der Waals surface area contributed by atoms with E-state index >= 15 is 0 Å². The van der Waals surface area contributed by atoms with Crippen molar-refractivity contribution < 1.29 is 9.53 Å². The second-order valence-corrected chi connectivity index (χ2v) is 7.12. The molecule has 1 N–H and O–H groups in total. The van der Waals surface area contributed by atoms with Crippen molar-refractivity contribution in [3.63, 3.8) is 0 Å². The van der Waals surface area contributed by atoms with E-state index in [2.05, 4.69) is 41.4 Å². The standard InChI is InChI=1S/C18H28N2O2S/c1-3-4-13-23-17-7-5-16(6-8-17)15(2)19-18(21)14-20-9-11-22-12-10-20/h5-8,15H,3-4,9-14H2,1-2H3,(H,19,21). The second-order valence-electron chi connectivity index (χ2n) is 5.95. The molecule has 0 aromatic heterocycles. The first kappa shape index (κ1) is 18.3. The number of thioether (sulfide) groups is 1. The molecule has 128 valence electrons. The van der Waals surface area contributed by atoms with Gasteiger partial charge in [-0.3, -0.25) is 9.69 Å². The van der Waals surface area contributed by atoms with Crippen molar-refractivity contribution >= 4 is 17.7 Å². The molecule has 1 aliphatic rings. The number of nitrogens with zero attached hydrogens (tertiary/aromatic N) is 1. The highest BCUT2D eigenvalue weighted by atomic mass is 32.2. The third-order valence-electron chi connectivity index (χ3n) is 4.00. The summed E-state index contributed by atoms with van der Waals surface area (Å²) >= 11 is 1.90. The van der Waals surface area contributed by atoms with Crippen LogP contribution in [0.25, 0.3) is 0 Å². The van der Waals surface area contributed by atoms with E-state index < -0.39 is 0 Å². The predicted octanol–water partition coefficient (Wildman–Crippen LogP) is 3.09. The molecule has 1 aromatic rings. The molecule has 2 rings (SSSR count). The molecule has 5 heteroatoms. The Morgan fingerprint density at radius 2 is 2.00 bits per heavy atom. The lowest BCUT2D eigenvalue weighted by Gasteiger charge is -2.26. The lowest BCUT2D eigenvalue weighted by molar-refractivity contribution is -0.123. The molecule has 1 amide bonds. The zero-order chi connectivity index (χ0) is 16.5. The Morgan fingerprint density at radius 1 is 1.30 bits per heavy atom. The summed E-state index contributed by atoms with van der Waals surface area (Å²) in [5.74, 6) is 1.25. The number of hydrogen-bond acceptors (Lipinski definition) is 4. The van der Waals surface area contributed by atoms with Crippen LogP contribution >= 0.6 is 11.8 Å². The Labute approximate surface area is 144 Å². The van der Waals surface area contributed by atoms with E-state index in [1.54, 1.807) is 0 Å². The Balaban J connectivity index is 1.77. The lowest BCUT2D eigenvalue weighted by atomic mass is 10.1. The van der Waals surface area contributed by atoms with Crippen molar-refractivity contribution in [1.82, 2.24) is 10.2 Å². The van der Waals surface area contributed by atoms with Crippen LogP contribution in [0, 0.1) is 0 Å². The predicted molar refractivity (Wildman–Crippen MR) is 95.9 cm³/mol. The van der Waals surface area contributed by atoms with E-state index in [0.29, 0.717) is 6.54 Å². The van der Waals surface area contributed by atoms with E-state index in [4.69, 9.17) is 4.74 Å². The van der Waals surface area contributed by atoms with Gasteiger partial charge in [-0.25, -0.2) is 0 Å². The third kappa shape index (κ3) is 6.53. The fraction of sp³-hybridized carbons (Fsp3) is 0.611. The summed E-state index contributed by atoms with van der Waals surface area (Å²) in [7, 11) is 0. The summed E-state index contributed by atoms with van der Waals surface area (Å²) in [5, 5.41) is 3.09. The Hall–Kier alpha value is -1.04. The van der Waals surface area contributed by atoms with Gasteiger partial charge in [0.2, 0.25) is 5.91 Å². The fourth-order valence-corrected chi connectivity index (χ4v) is 3.52. The van der Waals surface area contributed by atoms with Crippen LogP contribution < -0.4 is 5.32 Å². The van der Waals surface area contributed by atoms with Crippen LogP contribution in [0.4, 0.5) is 0 Å². The smallest absolute Gasteiger partial charge is 0.234 e. The number of unbranched alkanes of at least 4 members (excludes halogenated alkanes) is 1. The molecule has 1 aromatic carbocycles. The topological polar surface area (TPSA) is 41.6 Å². The number of carbonyl (C=O) groups is 1. The second kappa shape index (κ2) is 9.96. The molecule has 23 heavy (non-hydrogen) atoms. The van der Waals surface area contributed by atoms with Crippen LogP contribution in [0.5, 0.6) is 0 Å². The van der Waals surface area contributed by atoms with Crippen molar-refractivity contribution in [3.05, 3.63) is 29.8 Å². The first-order chi connectivity index (χ1) is 11.2. The molecule has 1 atom stereocenters. The molecule has 0 saturated carbocycles. The maximum atomic E-state index is 12.1. The Kier molecular flexibility index (Phi) is 7.92. The number of morpholine rings is 1. The summed E-state index contributed by atoms with van der Waals surface area (Å²) in [6.45, 7) is 7.83. The molecule has 4 nitrogen and oxygen atoms in total. The monoisotopic (exact) mass is 336 g/mol. The molecule has 1 saturated heterocycles. The number of rotatable bonds is 8. The molecular formula is C18H28N2O2S. The van der Waals surface area contributed by atoms with Gasteiger partial charge in [0.15, 0.2) is 0 Å². The lowest BCUT2D eigenvalue weighted by Crippen LogP contribution is -2.43. The first-order valence-corrected chi connectivity index (χ1v) is 9.50. The van der Waals surface area contributed by atoms with Gasteiger partial charge in [-0.05, 0) is 36.8 Å². The largest absolute Gasteiger partial charge is 0.379 e. The van der Waals surface area contributed by atoms with Gasteiger partial charge < -0.3 is 10.1 Å². The van der Waals surface area contributed by atoms with Crippen molar-refractivity contribution in [3.8, 4) is 0 Å². The molecular weight excluding hydrogens is 308 g/mol. The number of amides is 1. The van der Waals surface area contributed by atoms with Crippen molar-refractivity contribution in [2.24, 2.45) is 0 Å². The number of carbonyl (C=O) groups excluding carboxylic acids is 1. The minimum atomic E-state index is 0.0400. The molecule has 0 spiro atoms. The summed E-state index contributed by atoms with van der Waals surface area (Å²) < 4.78 is 5.30. The van der Waals surface area contributed by atoms with Gasteiger partial charge in [-0.1, -0.05) is 25.5 Å². The summed E-state index contributed by atoms with van der Waals surface area (Å²) in [6.07, 6.45) is 2.48. The Morgan fingerprint density at radius 3 is 2.65 bits per heavy atom. The summed E-state index contributed by atoms with van der Waals surface area (Å²) in [6, 6.07) is 8.58. The maximum Gasteiger partial charge on any atom is 0.234 e. The summed E-state index contributed by atoms with van der Waals surface area (Å²) in [4.78, 5) is 15.6. The minimum Gasteiger partial charge on any atom is -0.379 e. The normalized spacial score (nSPS) is 17.0. The number of nitrogens with one attached hydrogen (secondary N) is 1. The van der Waals surface area contributed by atoms with Gasteiger partial charge in [0, 0.05) is 18.0 Å². The van der Waals surface area contributed by atoms with Crippen molar-refractivity contribution in [1.29, 1.82) is 0 Å². The van der Waals surface area contributed by atoms with E-state index in [-0.39, 0.29) is 11.9 Å². The third-order valence-corrected chi connectivity index (χ3v) is 5.09. The maximum absolute atomic E-state index is 12.1. The zero-order valence-electron chi connectivity index (χ0n) is 14.2. The molecule has 1 heterocycles. The van der Waals surface area contributed by atoms with Crippen LogP contribution in [-0.2, 0) is 9.53 Å². The van der Waals surface area contributed by atoms with Crippen molar-refractivity contribution in [2.45, 2.75) is 37.6 Å². The number of hydrogen-bond donors (Lipinski definition) is 1. The van der Waals surface area contributed by atoms with Crippen LogP contribution in [0.3, 0.4) is 0 Å². The van der Waals surface area contributed by atoms with Crippen LogP contribution in [-0.4, -0.2) is 49.4 Å². The van der Waals surface area contributed by atoms with Crippen LogP contribution in [0.2, 0.25) is 0 Å². The number of benzene rings is 1. The van der Waals surface area contributed by atoms with Crippen molar-refractivity contribution in [2.75, 3.05) is 38.6 Å². The highest BCUT2D eigenvalue weighted by molar-refractivity contribution is 7.99. The molecule has 0 radical (unpaired) electrons. The Bertz CT molecular complexity index is 472. The van der Waals surface area contributed by atoms with E-state index in [0.717, 1.165) is 31.9 Å². The van der Waals surface area contributed by atoms with E-state index in [9.17, 15) is 4.79 Å². The van der Waals surface area contributed by atoms with E-state index in [1.807, 2.05) is 18.7 Å². The number of ether oxygens (including phenoxy) is 1. The highest BCUT2D eigenvalue weighted by Gasteiger charge is 2.16. The SMILES string of the molecule is CCCCSc1ccc(C(C)NC(=O)CN2CCOCC2)cc1. The highest BCUT2D eigenvalue weighted by Crippen LogP contribution is 2.22. The molecule has 1 fully saturated rings. The average molecular weight is 337 g/mol. The summed E-state index contributed by atoms with van der Waals surface area (Å²) in [5.41, 5.74) is 1.15. The van der Waals surface area contributed by atoms with Gasteiger partial charge >= 0.3 is 0 Å². The van der Waals surface area contributed by atoms with Crippen LogP contribution in [0.15, 0.2) is 29.2 Å². The van der Waals surface area contributed by atoms with Gasteiger partial charge in [-0.15, -0.1) is 11.8 Å². The van der Waals surface area contributed by atoms with Gasteiger partial charge in [0.25, 0.3) is 0 Å². The molecule has 1 aliphatic heterocycles. The quantitative estimate of drug-likeness (QED) is 0.585. The first-order valence-electron chi connectivity index (χ1n) is 8.51. The molecule has 0 aliphatic carbocycles. The van der Waals surface area contributed by atoms with Crippen LogP contribution in [0.1, 0.15) is 38.3 Å². The zero-order valence-corrected chi connectivity index (χ0v) is 15.0. The van der Waals surface area contributed by atoms with Gasteiger partial charge in [-0.2, -0.15) is 0 Å². The molecule has 1 unspecified atom stereocenters. The van der Waals surface area contributed by atoms with Gasteiger partial charge in [0.05, 0.1) is 25.8 Å². The molecule has 0 bridgehead atoms. The van der Waals surface area contributed by atoms with E-state index in [1.165, 1.54) is 23.5 Å². The van der Waals surface area contributed by atoms with Gasteiger partial charge in [0.1, 0.15) is 0 Å². The minimum absolute atomic E-state index is 0.0400.